The Balaban J connectivity index is 2.57. The number of nitrogens with zero attached hydrogens (tertiary/aromatic N) is 1. The van der Waals surface area contributed by atoms with E-state index in [4.69, 9.17) is 11.0 Å². The van der Waals surface area contributed by atoms with Gasteiger partial charge in [-0.15, -0.1) is 0 Å². The van der Waals surface area contributed by atoms with Crippen molar-refractivity contribution < 1.29 is 4.79 Å². The maximum atomic E-state index is 11.6. The number of hydrogen-bond donors (Lipinski definition) is 2. The van der Waals surface area contributed by atoms with Gasteiger partial charge in [0.1, 0.15) is 0 Å². The van der Waals surface area contributed by atoms with Crippen molar-refractivity contribution in [3.63, 3.8) is 0 Å². The van der Waals surface area contributed by atoms with Gasteiger partial charge in [-0.3, -0.25) is 4.79 Å². The Morgan fingerprint density at radius 3 is 2.65 bits per heavy atom. The van der Waals surface area contributed by atoms with Crippen molar-refractivity contribution in [2.75, 3.05) is 5.32 Å². The first kappa shape index (κ1) is 13.2. The van der Waals surface area contributed by atoms with Gasteiger partial charge in [0.05, 0.1) is 18.5 Å². The summed E-state index contributed by atoms with van der Waals surface area (Å²) >= 11 is 0. The summed E-state index contributed by atoms with van der Waals surface area (Å²) in [6.45, 7) is 1.99. The van der Waals surface area contributed by atoms with Crippen LogP contribution in [0.15, 0.2) is 24.3 Å². The fourth-order valence-electron chi connectivity index (χ4n) is 1.47. The van der Waals surface area contributed by atoms with Gasteiger partial charge in [-0.1, -0.05) is 25.5 Å². The third-order valence-corrected chi connectivity index (χ3v) is 2.44. The first-order valence-corrected chi connectivity index (χ1v) is 5.69. The maximum absolute atomic E-state index is 11.6. The molecule has 1 amide bonds. The minimum atomic E-state index is -0.459. The summed E-state index contributed by atoms with van der Waals surface area (Å²) in [6.07, 6.45) is 1.94. The SMILES string of the molecule is CCCC(N)C(=O)Nc1ccc(CC#N)cc1. The standard InChI is InChI=1S/C13H17N3O/c1-2-3-12(15)13(17)16-11-6-4-10(5-7-11)8-9-14/h4-7,12H,2-3,8,15H2,1H3,(H,16,17). The Morgan fingerprint density at radius 2 is 2.12 bits per heavy atom. The highest BCUT2D eigenvalue weighted by atomic mass is 16.2. The van der Waals surface area contributed by atoms with Gasteiger partial charge >= 0.3 is 0 Å². The summed E-state index contributed by atoms with van der Waals surface area (Å²) in [5, 5.41) is 11.3. The van der Waals surface area contributed by atoms with E-state index in [1.165, 1.54) is 0 Å². The van der Waals surface area contributed by atoms with Crippen molar-refractivity contribution in [3.8, 4) is 6.07 Å². The summed E-state index contributed by atoms with van der Waals surface area (Å²) < 4.78 is 0. The molecule has 1 atom stereocenters. The largest absolute Gasteiger partial charge is 0.325 e. The highest BCUT2D eigenvalue weighted by molar-refractivity contribution is 5.94. The molecule has 90 valence electrons. The van der Waals surface area contributed by atoms with Crippen molar-refractivity contribution in [3.05, 3.63) is 29.8 Å². The van der Waals surface area contributed by atoms with Gasteiger partial charge in [-0.2, -0.15) is 5.26 Å². The molecule has 3 N–H and O–H groups in total. The van der Waals surface area contributed by atoms with Crippen LogP contribution in [0.4, 0.5) is 5.69 Å². The highest BCUT2D eigenvalue weighted by Crippen LogP contribution is 2.10. The van der Waals surface area contributed by atoms with Crippen molar-refractivity contribution in [1.82, 2.24) is 0 Å². The molecule has 0 heterocycles. The molecule has 0 saturated heterocycles. The lowest BCUT2D eigenvalue weighted by Gasteiger charge is -2.11. The van der Waals surface area contributed by atoms with E-state index in [0.29, 0.717) is 18.5 Å². The van der Waals surface area contributed by atoms with E-state index >= 15 is 0 Å². The van der Waals surface area contributed by atoms with E-state index in [0.717, 1.165) is 12.0 Å². The second kappa shape index (κ2) is 6.66. The van der Waals surface area contributed by atoms with Crippen LogP contribution in [0.3, 0.4) is 0 Å². The summed E-state index contributed by atoms with van der Waals surface area (Å²) in [6, 6.07) is 8.82. The molecule has 0 fully saturated rings. The fraction of sp³-hybridized carbons (Fsp3) is 0.385. The monoisotopic (exact) mass is 231 g/mol. The molecule has 0 aliphatic carbocycles. The molecule has 1 aromatic carbocycles. The van der Waals surface area contributed by atoms with Crippen LogP contribution in [0.25, 0.3) is 0 Å². The smallest absolute Gasteiger partial charge is 0.241 e. The third-order valence-electron chi connectivity index (χ3n) is 2.44. The van der Waals surface area contributed by atoms with E-state index in [2.05, 4.69) is 11.4 Å². The number of anilines is 1. The van der Waals surface area contributed by atoms with Crippen molar-refractivity contribution in [2.24, 2.45) is 5.73 Å². The number of amides is 1. The number of carbonyl (C=O) groups excluding carboxylic acids is 1. The highest BCUT2D eigenvalue weighted by Gasteiger charge is 2.11. The van der Waals surface area contributed by atoms with Gasteiger partial charge in [0.25, 0.3) is 0 Å². The zero-order chi connectivity index (χ0) is 12.7. The fourth-order valence-corrected chi connectivity index (χ4v) is 1.47. The Morgan fingerprint density at radius 1 is 1.47 bits per heavy atom. The molecular weight excluding hydrogens is 214 g/mol. The van der Waals surface area contributed by atoms with Crippen LogP contribution < -0.4 is 11.1 Å². The van der Waals surface area contributed by atoms with Gasteiger partial charge in [0, 0.05) is 5.69 Å². The Labute approximate surface area is 101 Å². The molecule has 0 aromatic heterocycles. The quantitative estimate of drug-likeness (QED) is 0.811. The number of nitrogens with two attached hydrogens (primary N) is 1. The van der Waals surface area contributed by atoms with E-state index < -0.39 is 6.04 Å². The molecule has 4 nitrogen and oxygen atoms in total. The van der Waals surface area contributed by atoms with Crippen molar-refractivity contribution in [2.45, 2.75) is 32.2 Å². The zero-order valence-electron chi connectivity index (χ0n) is 9.94. The van der Waals surface area contributed by atoms with Crippen molar-refractivity contribution in [1.29, 1.82) is 5.26 Å². The van der Waals surface area contributed by atoms with E-state index in [-0.39, 0.29) is 5.91 Å². The Hall–Kier alpha value is -1.86. The average Bonchev–Trinajstić information content (AvgIpc) is 2.32. The molecule has 0 spiro atoms. The molecule has 0 saturated carbocycles. The van der Waals surface area contributed by atoms with Crippen LogP contribution in [-0.4, -0.2) is 11.9 Å². The van der Waals surface area contributed by atoms with E-state index in [1.54, 1.807) is 12.1 Å². The van der Waals surface area contributed by atoms with Crippen LogP contribution in [0.1, 0.15) is 25.3 Å². The van der Waals surface area contributed by atoms with Crippen LogP contribution >= 0.6 is 0 Å². The summed E-state index contributed by atoms with van der Waals surface area (Å²) in [4.78, 5) is 11.6. The summed E-state index contributed by atoms with van der Waals surface area (Å²) in [5.41, 5.74) is 7.34. The molecule has 0 aliphatic rings. The van der Waals surface area contributed by atoms with Gasteiger partial charge in [-0.25, -0.2) is 0 Å². The molecule has 0 radical (unpaired) electrons. The normalized spacial score (nSPS) is 11.6. The minimum Gasteiger partial charge on any atom is -0.325 e. The molecule has 17 heavy (non-hydrogen) atoms. The molecule has 0 aliphatic heterocycles. The third kappa shape index (κ3) is 4.25. The predicted octanol–water partition coefficient (Wildman–Crippen LogP) is 1.82. The van der Waals surface area contributed by atoms with Gasteiger partial charge in [0.15, 0.2) is 0 Å². The van der Waals surface area contributed by atoms with Crippen molar-refractivity contribution >= 4 is 11.6 Å². The number of nitriles is 1. The van der Waals surface area contributed by atoms with Gasteiger partial charge in [0.2, 0.25) is 5.91 Å². The lowest BCUT2D eigenvalue weighted by atomic mass is 10.1. The number of benzene rings is 1. The molecule has 1 aromatic rings. The zero-order valence-corrected chi connectivity index (χ0v) is 9.94. The first-order valence-electron chi connectivity index (χ1n) is 5.69. The van der Waals surface area contributed by atoms with Crippen LogP contribution in [0, 0.1) is 11.3 Å². The summed E-state index contributed by atoms with van der Waals surface area (Å²) in [7, 11) is 0. The van der Waals surface area contributed by atoms with Crippen LogP contribution in [-0.2, 0) is 11.2 Å². The predicted molar refractivity (Wildman–Crippen MR) is 67.3 cm³/mol. The molecule has 1 rings (SSSR count). The lowest BCUT2D eigenvalue weighted by Crippen LogP contribution is -2.35. The van der Waals surface area contributed by atoms with Gasteiger partial charge < -0.3 is 11.1 Å². The van der Waals surface area contributed by atoms with E-state index in [9.17, 15) is 4.79 Å². The van der Waals surface area contributed by atoms with Crippen LogP contribution in [0.2, 0.25) is 0 Å². The number of rotatable bonds is 5. The molecule has 1 unspecified atom stereocenters. The average molecular weight is 231 g/mol. The molecule has 0 bridgehead atoms. The summed E-state index contributed by atoms with van der Waals surface area (Å²) in [5.74, 6) is -0.167. The number of hydrogen-bond acceptors (Lipinski definition) is 3. The van der Waals surface area contributed by atoms with Crippen LogP contribution in [0.5, 0.6) is 0 Å². The minimum absolute atomic E-state index is 0.167. The Kier molecular flexibility index (Phi) is 5.18. The maximum Gasteiger partial charge on any atom is 0.241 e. The molecule has 4 heteroatoms. The second-order valence-corrected chi connectivity index (χ2v) is 3.92. The first-order chi connectivity index (χ1) is 8.17. The van der Waals surface area contributed by atoms with E-state index in [1.807, 2.05) is 19.1 Å². The number of nitrogens with one attached hydrogen (secondary N) is 1. The second-order valence-electron chi connectivity index (χ2n) is 3.92. The lowest BCUT2D eigenvalue weighted by molar-refractivity contribution is -0.117. The number of carbonyl (C=O) groups is 1. The van der Waals surface area contributed by atoms with Gasteiger partial charge in [-0.05, 0) is 24.1 Å². The topological polar surface area (TPSA) is 78.9 Å². The Bertz CT molecular complexity index is 406. The molecular formula is C13H17N3O.